The summed E-state index contributed by atoms with van der Waals surface area (Å²) in [4.78, 5) is 38.2. The fourth-order valence-electron chi connectivity index (χ4n) is 2.34. The summed E-state index contributed by atoms with van der Waals surface area (Å²) in [6.45, 7) is 0. The number of benzene rings is 1. The first-order valence-electron chi connectivity index (χ1n) is 7.37. The monoisotopic (exact) mass is 421 g/mol. The lowest BCUT2D eigenvalue weighted by atomic mass is 10.1. The van der Waals surface area contributed by atoms with Gasteiger partial charge in [-0.2, -0.15) is 0 Å². The van der Waals surface area contributed by atoms with E-state index in [0.29, 0.717) is 10.2 Å². The van der Waals surface area contributed by atoms with Gasteiger partial charge < -0.3 is 19.1 Å². The van der Waals surface area contributed by atoms with Crippen molar-refractivity contribution in [2.45, 2.75) is 0 Å². The Balaban J connectivity index is 2.77. The number of hydrogen-bond donors (Lipinski definition) is 0. The van der Waals surface area contributed by atoms with Gasteiger partial charge in [-0.05, 0) is 30.4 Å². The number of rotatable bonds is 4. The number of carbonyl (C=O) groups excluding carboxylic acids is 3. The number of carbonyl (C=O) groups is 3. The number of hydrogen-bond acceptors (Lipinski definition) is 7. The van der Waals surface area contributed by atoms with E-state index in [1.807, 2.05) is 0 Å². The molecule has 0 atom stereocenters. The van der Waals surface area contributed by atoms with E-state index in [9.17, 15) is 14.4 Å². The Labute approximate surface area is 158 Å². The minimum absolute atomic E-state index is 0.0138. The first kappa shape index (κ1) is 19.5. The first-order chi connectivity index (χ1) is 12.4. The summed E-state index contributed by atoms with van der Waals surface area (Å²) in [6, 6.07) is 4.84. The van der Waals surface area contributed by atoms with Gasteiger partial charge in [-0.3, -0.25) is 0 Å². The molecule has 0 fully saturated rings. The lowest BCUT2D eigenvalue weighted by Crippen LogP contribution is -2.28. The first-order valence-corrected chi connectivity index (χ1v) is 8.16. The summed E-state index contributed by atoms with van der Waals surface area (Å²) in [5.74, 6) is -2.08. The second kappa shape index (κ2) is 8.48. The summed E-state index contributed by atoms with van der Waals surface area (Å²) >= 11 is 3.34. The van der Waals surface area contributed by atoms with Crippen molar-refractivity contribution >= 4 is 39.5 Å². The molecular formula is C18H16BrNO6. The van der Waals surface area contributed by atoms with E-state index in [1.54, 1.807) is 30.4 Å². The van der Waals surface area contributed by atoms with Crippen molar-refractivity contribution in [3.8, 4) is 0 Å². The quantitative estimate of drug-likeness (QED) is 0.545. The molecule has 0 N–H and O–H groups in total. The van der Waals surface area contributed by atoms with E-state index in [0.717, 1.165) is 0 Å². The normalized spacial score (nSPS) is 13.3. The van der Waals surface area contributed by atoms with Crippen LogP contribution in [0.5, 0.6) is 0 Å². The predicted octanol–water partition coefficient (Wildman–Crippen LogP) is 2.73. The number of allylic oxidation sites excluding steroid dienone is 2. The zero-order valence-corrected chi connectivity index (χ0v) is 15.9. The van der Waals surface area contributed by atoms with Crippen molar-refractivity contribution in [1.82, 2.24) is 0 Å². The van der Waals surface area contributed by atoms with Crippen molar-refractivity contribution < 1.29 is 28.6 Å². The van der Waals surface area contributed by atoms with E-state index in [-0.39, 0.29) is 16.8 Å². The van der Waals surface area contributed by atoms with Crippen LogP contribution in [0.15, 0.2) is 58.4 Å². The molecule has 0 spiro atoms. The van der Waals surface area contributed by atoms with Crippen LogP contribution in [0.2, 0.25) is 0 Å². The summed E-state index contributed by atoms with van der Waals surface area (Å²) in [5.41, 5.74) is 0.425. The second-order valence-electron chi connectivity index (χ2n) is 4.97. The van der Waals surface area contributed by atoms with Crippen molar-refractivity contribution in [2.75, 3.05) is 26.2 Å². The molecule has 0 unspecified atom stereocenters. The number of methoxy groups -OCH3 is 3. The number of ether oxygens (including phenoxy) is 3. The van der Waals surface area contributed by atoms with Gasteiger partial charge in [0.2, 0.25) is 0 Å². The average Bonchev–Trinajstić information content (AvgIpc) is 2.88. The summed E-state index contributed by atoms with van der Waals surface area (Å²) < 4.78 is 15.1. The third kappa shape index (κ3) is 3.85. The molecule has 136 valence electrons. The Morgan fingerprint density at radius 2 is 1.58 bits per heavy atom. The van der Waals surface area contributed by atoms with Crippen LogP contribution in [-0.2, 0) is 23.8 Å². The molecule has 1 aliphatic rings. The molecule has 0 amide bonds. The summed E-state index contributed by atoms with van der Waals surface area (Å²) in [7, 11) is 3.66. The third-order valence-corrected chi connectivity index (χ3v) is 4.01. The highest BCUT2D eigenvalue weighted by Gasteiger charge is 2.29. The van der Waals surface area contributed by atoms with Crippen LogP contribution in [0.1, 0.15) is 10.4 Å². The maximum Gasteiger partial charge on any atom is 0.355 e. The zero-order valence-electron chi connectivity index (χ0n) is 14.3. The molecule has 0 saturated carbocycles. The van der Waals surface area contributed by atoms with Crippen LogP contribution in [-0.4, -0.2) is 39.2 Å². The van der Waals surface area contributed by atoms with Gasteiger partial charge in [0.25, 0.3) is 0 Å². The van der Waals surface area contributed by atoms with Gasteiger partial charge in [0.15, 0.2) is 0 Å². The van der Waals surface area contributed by atoms with Crippen molar-refractivity contribution in [2.24, 2.45) is 0 Å². The molecule has 8 heteroatoms. The van der Waals surface area contributed by atoms with Crippen molar-refractivity contribution in [3.05, 3.63) is 63.9 Å². The van der Waals surface area contributed by atoms with Gasteiger partial charge in [-0.25, -0.2) is 14.4 Å². The molecule has 0 radical (unpaired) electrons. The van der Waals surface area contributed by atoms with Crippen LogP contribution in [0.4, 0.5) is 5.69 Å². The van der Waals surface area contributed by atoms with Gasteiger partial charge in [0, 0.05) is 10.7 Å². The fraction of sp³-hybridized carbons (Fsp3) is 0.167. The maximum atomic E-state index is 12.4. The fourth-order valence-corrected chi connectivity index (χ4v) is 2.69. The SMILES string of the molecule is COC(=O)C1=C(C(=O)OC)N(c2cc(Br)ccc2C(=O)OC)C=CC=C1. The Hall–Kier alpha value is -2.87. The maximum absolute atomic E-state index is 12.4. The summed E-state index contributed by atoms with van der Waals surface area (Å²) in [5, 5.41) is 0. The van der Waals surface area contributed by atoms with E-state index in [1.165, 1.54) is 38.5 Å². The van der Waals surface area contributed by atoms with Crippen LogP contribution in [0.25, 0.3) is 0 Å². The Bertz CT molecular complexity index is 840. The van der Waals surface area contributed by atoms with E-state index >= 15 is 0 Å². The Morgan fingerprint density at radius 3 is 2.19 bits per heavy atom. The molecule has 1 heterocycles. The largest absolute Gasteiger partial charge is 0.465 e. The minimum Gasteiger partial charge on any atom is -0.465 e. The molecule has 1 aromatic rings. The minimum atomic E-state index is -0.766. The van der Waals surface area contributed by atoms with Crippen LogP contribution < -0.4 is 4.90 Å². The van der Waals surface area contributed by atoms with Crippen LogP contribution >= 0.6 is 15.9 Å². The van der Waals surface area contributed by atoms with E-state index < -0.39 is 17.9 Å². The highest BCUT2D eigenvalue weighted by Crippen LogP contribution is 2.32. The lowest BCUT2D eigenvalue weighted by molar-refractivity contribution is -0.139. The topological polar surface area (TPSA) is 82.1 Å². The van der Waals surface area contributed by atoms with E-state index in [4.69, 9.17) is 14.2 Å². The van der Waals surface area contributed by atoms with E-state index in [2.05, 4.69) is 15.9 Å². The smallest absolute Gasteiger partial charge is 0.355 e. The highest BCUT2D eigenvalue weighted by atomic mass is 79.9. The van der Waals surface area contributed by atoms with Gasteiger partial charge in [-0.1, -0.05) is 22.0 Å². The zero-order chi connectivity index (χ0) is 19.3. The molecule has 0 aromatic heterocycles. The molecule has 0 bridgehead atoms. The van der Waals surface area contributed by atoms with Crippen molar-refractivity contribution in [1.29, 1.82) is 0 Å². The molecule has 0 aliphatic carbocycles. The molecule has 26 heavy (non-hydrogen) atoms. The second-order valence-corrected chi connectivity index (χ2v) is 5.88. The third-order valence-electron chi connectivity index (χ3n) is 3.51. The molecule has 2 rings (SSSR count). The van der Waals surface area contributed by atoms with Crippen LogP contribution in [0.3, 0.4) is 0 Å². The highest BCUT2D eigenvalue weighted by molar-refractivity contribution is 9.10. The van der Waals surface area contributed by atoms with Gasteiger partial charge in [-0.15, -0.1) is 0 Å². The van der Waals surface area contributed by atoms with Gasteiger partial charge in [0.1, 0.15) is 5.70 Å². The number of halogens is 1. The standard InChI is InChI=1S/C18H16BrNO6/c1-24-16(21)12-8-7-11(19)10-14(12)20-9-5-4-6-13(17(22)25-2)15(20)18(23)26-3/h4-10H,1-3H3. The number of anilines is 1. The molecule has 7 nitrogen and oxygen atoms in total. The number of esters is 3. The predicted molar refractivity (Wildman–Crippen MR) is 97.3 cm³/mol. The average molecular weight is 422 g/mol. The Morgan fingerprint density at radius 1 is 0.923 bits per heavy atom. The Kier molecular flexibility index (Phi) is 6.35. The summed E-state index contributed by atoms with van der Waals surface area (Å²) in [6.07, 6.45) is 6.16. The number of nitrogens with zero attached hydrogens (tertiary/aromatic N) is 1. The molecule has 1 aliphatic heterocycles. The molecule has 0 saturated heterocycles. The van der Waals surface area contributed by atoms with Crippen LogP contribution in [0, 0.1) is 0 Å². The van der Waals surface area contributed by atoms with Gasteiger partial charge in [0.05, 0.1) is 38.2 Å². The lowest BCUT2D eigenvalue weighted by Gasteiger charge is -2.25. The van der Waals surface area contributed by atoms with Crippen molar-refractivity contribution in [3.63, 3.8) is 0 Å². The molecule has 1 aromatic carbocycles. The van der Waals surface area contributed by atoms with Gasteiger partial charge >= 0.3 is 17.9 Å². The molecular weight excluding hydrogens is 406 g/mol.